The van der Waals surface area contributed by atoms with Crippen molar-refractivity contribution in [3.05, 3.63) is 41.7 Å². The Morgan fingerprint density at radius 2 is 2.38 bits per heavy atom. The lowest BCUT2D eigenvalue weighted by atomic mass is 10.2. The quantitative estimate of drug-likeness (QED) is 0.564. The molecule has 0 unspecified atom stereocenters. The summed E-state index contributed by atoms with van der Waals surface area (Å²) < 4.78 is 0. The summed E-state index contributed by atoms with van der Waals surface area (Å²) in [6, 6.07) is 5.71. The Hall–Kier alpha value is -1.68. The van der Waals surface area contributed by atoms with E-state index in [9.17, 15) is 4.79 Å². The lowest BCUT2D eigenvalue weighted by Gasteiger charge is -2.02. The van der Waals surface area contributed by atoms with Crippen LogP contribution in [0.3, 0.4) is 0 Å². The number of hydrogen-bond donors (Lipinski definition) is 2. The van der Waals surface area contributed by atoms with Crippen LogP contribution in [0.2, 0.25) is 0 Å². The minimum atomic E-state index is -0.845. The Labute approximate surface area is 95.0 Å². The van der Waals surface area contributed by atoms with Crippen LogP contribution < -0.4 is 5.32 Å². The van der Waals surface area contributed by atoms with Gasteiger partial charge in [0.25, 0.3) is 0 Å². The first-order valence-corrected chi connectivity index (χ1v) is 5.27. The molecule has 0 atom stereocenters. The average Bonchev–Trinajstić information content (AvgIpc) is 2.30. The molecule has 0 fully saturated rings. The number of nitrogens with zero attached hydrogens (tertiary/aromatic N) is 1. The highest BCUT2D eigenvalue weighted by atomic mass is 16.4. The van der Waals surface area contributed by atoms with Gasteiger partial charge in [0.05, 0.1) is 5.69 Å². The third kappa shape index (κ3) is 4.23. The van der Waals surface area contributed by atoms with Crippen molar-refractivity contribution in [3.8, 4) is 0 Å². The fourth-order valence-corrected chi connectivity index (χ4v) is 1.28. The number of carboxylic acid groups (broad SMARTS) is 1. The van der Waals surface area contributed by atoms with Crippen LogP contribution in [0.25, 0.3) is 0 Å². The molecule has 16 heavy (non-hydrogen) atoms. The van der Waals surface area contributed by atoms with Gasteiger partial charge in [-0.1, -0.05) is 19.1 Å². The second kappa shape index (κ2) is 6.74. The largest absolute Gasteiger partial charge is 0.478 e. The normalized spacial score (nSPS) is 11.4. The smallest absolute Gasteiger partial charge is 0.331 e. The number of aromatic nitrogens is 1. The molecule has 86 valence electrons. The van der Waals surface area contributed by atoms with Gasteiger partial charge in [0.15, 0.2) is 0 Å². The average molecular weight is 220 g/mol. The maximum Gasteiger partial charge on any atom is 0.331 e. The molecule has 4 nitrogen and oxygen atoms in total. The molecule has 1 rings (SSSR count). The van der Waals surface area contributed by atoms with E-state index < -0.39 is 5.97 Å². The van der Waals surface area contributed by atoms with Crippen LogP contribution in [0.4, 0.5) is 0 Å². The minimum absolute atomic E-state index is 0.438. The van der Waals surface area contributed by atoms with E-state index in [1.54, 1.807) is 12.3 Å². The number of carboxylic acids is 1. The lowest BCUT2D eigenvalue weighted by molar-refractivity contribution is -0.132. The van der Waals surface area contributed by atoms with Gasteiger partial charge in [-0.15, -0.1) is 0 Å². The minimum Gasteiger partial charge on any atom is -0.478 e. The molecule has 1 aromatic heterocycles. The fourth-order valence-electron chi connectivity index (χ4n) is 1.28. The predicted octanol–water partition coefficient (Wildman–Crippen LogP) is 1.59. The molecule has 4 heteroatoms. The van der Waals surface area contributed by atoms with Gasteiger partial charge in [0.2, 0.25) is 0 Å². The summed E-state index contributed by atoms with van der Waals surface area (Å²) in [4.78, 5) is 14.8. The summed E-state index contributed by atoms with van der Waals surface area (Å²) in [5.74, 6) is -0.845. The third-order valence-corrected chi connectivity index (χ3v) is 2.18. The van der Waals surface area contributed by atoms with Crippen LogP contribution in [-0.2, 0) is 11.3 Å². The highest BCUT2D eigenvalue weighted by Gasteiger charge is 2.02. The lowest BCUT2D eigenvalue weighted by Crippen LogP contribution is -2.15. The van der Waals surface area contributed by atoms with Gasteiger partial charge >= 0.3 is 5.97 Å². The van der Waals surface area contributed by atoms with Crippen LogP contribution in [0.5, 0.6) is 0 Å². The van der Waals surface area contributed by atoms with E-state index >= 15 is 0 Å². The zero-order valence-electron chi connectivity index (χ0n) is 9.31. The SMILES string of the molecule is CC/C(=C/CNCc1ccccn1)C(=O)O. The molecule has 0 radical (unpaired) electrons. The van der Waals surface area contributed by atoms with Gasteiger partial charge in [-0.2, -0.15) is 0 Å². The second-order valence-corrected chi connectivity index (χ2v) is 3.34. The van der Waals surface area contributed by atoms with Crippen molar-refractivity contribution in [2.45, 2.75) is 19.9 Å². The molecule has 0 saturated heterocycles. The molecule has 0 aliphatic heterocycles. The van der Waals surface area contributed by atoms with Gasteiger partial charge in [-0.3, -0.25) is 4.98 Å². The van der Waals surface area contributed by atoms with E-state index in [1.165, 1.54) is 0 Å². The van der Waals surface area contributed by atoms with Crippen LogP contribution >= 0.6 is 0 Å². The number of hydrogen-bond acceptors (Lipinski definition) is 3. The topological polar surface area (TPSA) is 62.2 Å². The summed E-state index contributed by atoms with van der Waals surface area (Å²) in [5.41, 5.74) is 1.39. The standard InChI is InChI=1S/C12H16N2O2/c1-2-10(12(15)16)6-8-13-9-11-5-3-4-7-14-11/h3-7,13H,2,8-9H2,1H3,(H,15,16)/b10-6-. The van der Waals surface area contributed by atoms with Gasteiger partial charge in [-0.05, 0) is 18.6 Å². The Bertz CT molecular complexity index is 361. The number of carbonyl (C=O) groups is 1. The van der Waals surface area contributed by atoms with E-state index in [0.717, 1.165) is 5.69 Å². The molecule has 0 spiro atoms. The maximum atomic E-state index is 10.7. The summed E-state index contributed by atoms with van der Waals surface area (Å²) in [6.07, 6.45) is 3.98. The maximum absolute atomic E-state index is 10.7. The van der Waals surface area contributed by atoms with Crippen molar-refractivity contribution in [1.82, 2.24) is 10.3 Å². The first kappa shape index (κ1) is 12.4. The molecular formula is C12H16N2O2. The Kier molecular flexibility index (Phi) is 5.22. The van der Waals surface area contributed by atoms with Gasteiger partial charge in [-0.25, -0.2) is 4.79 Å². The summed E-state index contributed by atoms with van der Waals surface area (Å²) in [5, 5.41) is 11.9. The molecule has 1 aromatic rings. The van der Waals surface area contributed by atoms with Crippen molar-refractivity contribution in [2.24, 2.45) is 0 Å². The molecule has 0 amide bonds. The zero-order valence-corrected chi connectivity index (χ0v) is 9.31. The van der Waals surface area contributed by atoms with Crippen LogP contribution in [0.15, 0.2) is 36.0 Å². The van der Waals surface area contributed by atoms with E-state index in [0.29, 0.717) is 25.1 Å². The van der Waals surface area contributed by atoms with Crippen LogP contribution in [0, 0.1) is 0 Å². The van der Waals surface area contributed by atoms with Crippen molar-refractivity contribution >= 4 is 5.97 Å². The summed E-state index contributed by atoms with van der Waals surface area (Å²) in [6.45, 7) is 3.03. The number of aliphatic carboxylic acids is 1. The first-order chi connectivity index (χ1) is 7.74. The van der Waals surface area contributed by atoms with E-state index in [4.69, 9.17) is 5.11 Å². The summed E-state index contributed by atoms with van der Waals surface area (Å²) in [7, 11) is 0. The molecule has 2 N–H and O–H groups in total. The molecule has 0 saturated carbocycles. The zero-order chi connectivity index (χ0) is 11.8. The molecular weight excluding hydrogens is 204 g/mol. The molecule has 0 aromatic carbocycles. The number of pyridine rings is 1. The van der Waals surface area contributed by atoms with Crippen molar-refractivity contribution in [2.75, 3.05) is 6.54 Å². The molecule has 1 heterocycles. The first-order valence-electron chi connectivity index (χ1n) is 5.27. The molecule has 0 bridgehead atoms. The Morgan fingerprint density at radius 1 is 1.56 bits per heavy atom. The van der Waals surface area contributed by atoms with Crippen molar-refractivity contribution in [3.63, 3.8) is 0 Å². The van der Waals surface area contributed by atoms with Crippen molar-refractivity contribution < 1.29 is 9.90 Å². The third-order valence-electron chi connectivity index (χ3n) is 2.18. The van der Waals surface area contributed by atoms with E-state index in [-0.39, 0.29) is 0 Å². The second-order valence-electron chi connectivity index (χ2n) is 3.34. The van der Waals surface area contributed by atoms with E-state index in [2.05, 4.69) is 10.3 Å². The Balaban J connectivity index is 2.34. The molecule has 0 aliphatic rings. The van der Waals surface area contributed by atoms with Crippen LogP contribution in [-0.4, -0.2) is 22.6 Å². The highest BCUT2D eigenvalue weighted by molar-refractivity contribution is 5.86. The van der Waals surface area contributed by atoms with Gasteiger partial charge in [0.1, 0.15) is 0 Å². The van der Waals surface area contributed by atoms with Crippen LogP contribution in [0.1, 0.15) is 19.0 Å². The predicted molar refractivity (Wildman–Crippen MR) is 62.0 cm³/mol. The van der Waals surface area contributed by atoms with Gasteiger partial charge in [0, 0.05) is 24.9 Å². The van der Waals surface area contributed by atoms with Gasteiger partial charge < -0.3 is 10.4 Å². The molecule has 0 aliphatic carbocycles. The number of rotatable bonds is 6. The highest BCUT2D eigenvalue weighted by Crippen LogP contribution is 1.99. The van der Waals surface area contributed by atoms with E-state index in [1.807, 2.05) is 25.1 Å². The monoisotopic (exact) mass is 220 g/mol. The number of nitrogens with one attached hydrogen (secondary N) is 1. The fraction of sp³-hybridized carbons (Fsp3) is 0.333. The van der Waals surface area contributed by atoms with Crippen molar-refractivity contribution in [1.29, 1.82) is 0 Å². The Morgan fingerprint density at radius 3 is 2.94 bits per heavy atom. The summed E-state index contributed by atoms with van der Waals surface area (Å²) >= 11 is 0.